The summed E-state index contributed by atoms with van der Waals surface area (Å²) in [6.07, 6.45) is 0. The van der Waals surface area contributed by atoms with Crippen LogP contribution in [0.3, 0.4) is 0 Å². The molecule has 0 fully saturated rings. The number of ether oxygens (including phenoxy) is 2. The fourth-order valence-corrected chi connectivity index (χ4v) is 3.94. The summed E-state index contributed by atoms with van der Waals surface area (Å²) in [6, 6.07) is 8.04. The number of rotatable bonds is 3. The number of hydrogen-bond donors (Lipinski definition) is 1. The molecule has 2 heterocycles. The van der Waals surface area contributed by atoms with Gasteiger partial charge >= 0.3 is 0 Å². The molecule has 2 aromatic rings. The summed E-state index contributed by atoms with van der Waals surface area (Å²) in [5.74, 6) is 1.63. The maximum atomic E-state index is 5.56. The predicted octanol–water partition coefficient (Wildman–Crippen LogP) is 4.66. The van der Waals surface area contributed by atoms with E-state index in [1.165, 1.54) is 4.88 Å². The highest BCUT2D eigenvalue weighted by atomic mass is 79.9. The van der Waals surface area contributed by atoms with Gasteiger partial charge in [-0.1, -0.05) is 0 Å². The van der Waals surface area contributed by atoms with Crippen LogP contribution in [0.2, 0.25) is 0 Å². The maximum absolute atomic E-state index is 5.56. The lowest BCUT2D eigenvalue weighted by Crippen LogP contribution is -2.15. The van der Waals surface area contributed by atoms with Gasteiger partial charge in [-0.15, -0.1) is 11.3 Å². The van der Waals surface area contributed by atoms with Crippen molar-refractivity contribution in [2.75, 3.05) is 18.5 Å². The Bertz CT molecular complexity index is 581. The van der Waals surface area contributed by atoms with E-state index in [9.17, 15) is 0 Å². The highest BCUT2D eigenvalue weighted by Crippen LogP contribution is 2.34. The Balaban J connectivity index is 1.70. The summed E-state index contributed by atoms with van der Waals surface area (Å²) in [5.41, 5.74) is 1.03. The molecule has 1 aliphatic heterocycles. The van der Waals surface area contributed by atoms with Crippen LogP contribution in [0.1, 0.15) is 4.88 Å². The Morgan fingerprint density at radius 3 is 2.63 bits per heavy atom. The molecular formula is C13H11Br2NO2S. The van der Waals surface area contributed by atoms with Gasteiger partial charge in [0.2, 0.25) is 0 Å². The van der Waals surface area contributed by atoms with Crippen LogP contribution in [0.5, 0.6) is 11.5 Å². The fraction of sp³-hybridized carbons (Fsp3) is 0.231. The summed E-state index contributed by atoms with van der Waals surface area (Å²) in [6.45, 7) is 2.02. The van der Waals surface area contributed by atoms with Crippen molar-refractivity contribution in [3.8, 4) is 11.5 Å². The minimum atomic E-state index is 0.612. The summed E-state index contributed by atoms with van der Waals surface area (Å²) >= 11 is 8.70. The number of benzene rings is 1. The first-order valence-corrected chi connectivity index (χ1v) is 8.20. The van der Waals surface area contributed by atoms with Gasteiger partial charge in [0.1, 0.15) is 13.2 Å². The van der Waals surface area contributed by atoms with Crippen molar-refractivity contribution in [3.63, 3.8) is 0 Å². The molecule has 6 heteroatoms. The van der Waals surface area contributed by atoms with Crippen LogP contribution in [0.4, 0.5) is 5.69 Å². The van der Waals surface area contributed by atoms with Crippen LogP contribution < -0.4 is 14.8 Å². The second kappa shape index (κ2) is 5.73. The molecule has 1 aromatic heterocycles. The maximum Gasteiger partial charge on any atom is 0.163 e. The molecule has 0 radical (unpaired) electrons. The van der Waals surface area contributed by atoms with Gasteiger partial charge in [0, 0.05) is 27.6 Å². The minimum Gasteiger partial charge on any atom is -0.486 e. The lowest BCUT2D eigenvalue weighted by molar-refractivity contribution is 0.171. The van der Waals surface area contributed by atoms with Gasteiger partial charge in [0.25, 0.3) is 0 Å². The third-order valence-corrected chi connectivity index (χ3v) is 5.96. The van der Waals surface area contributed by atoms with E-state index in [0.717, 1.165) is 32.0 Å². The zero-order chi connectivity index (χ0) is 13.2. The van der Waals surface area contributed by atoms with Crippen LogP contribution in [0, 0.1) is 0 Å². The SMILES string of the molecule is Brc1cc(CNc2ccc3c(c2)OCCO3)sc1Br. The van der Waals surface area contributed by atoms with Gasteiger partial charge in [-0.3, -0.25) is 0 Å². The van der Waals surface area contributed by atoms with E-state index in [2.05, 4.69) is 43.2 Å². The second-order valence-electron chi connectivity index (χ2n) is 4.05. The third kappa shape index (κ3) is 3.07. The van der Waals surface area contributed by atoms with Crippen molar-refractivity contribution in [1.82, 2.24) is 0 Å². The topological polar surface area (TPSA) is 30.5 Å². The third-order valence-electron chi connectivity index (χ3n) is 2.71. The molecule has 1 aliphatic rings. The molecule has 3 nitrogen and oxygen atoms in total. The monoisotopic (exact) mass is 403 g/mol. The molecule has 1 N–H and O–H groups in total. The largest absolute Gasteiger partial charge is 0.486 e. The Morgan fingerprint density at radius 1 is 1.11 bits per heavy atom. The Morgan fingerprint density at radius 2 is 1.89 bits per heavy atom. The van der Waals surface area contributed by atoms with E-state index < -0.39 is 0 Å². The number of anilines is 1. The summed E-state index contributed by atoms with van der Waals surface area (Å²) in [7, 11) is 0. The molecule has 0 aliphatic carbocycles. The lowest BCUT2D eigenvalue weighted by Gasteiger charge is -2.19. The van der Waals surface area contributed by atoms with Gasteiger partial charge in [-0.25, -0.2) is 0 Å². The molecule has 0 saturated carbocycles. The molecule has 0 amide bonds. The minimum absolute atomic E-state index is 0.612. The van der Waals surface area contributed by atoms with E-state index >= 15 is 0 Å². The van der Waals surface area contributed by atoms with E-state index in [1.54, 1.807) is 11.3 Å². The van der Waals surface area contributed by atoms with Gasteiger partial charge in [0.15, 0.2) is 11.5 Å². The number of nitrogens with one attached hydrogen (secondary N) is 1. The highest BCUT2D eigenvalue weighted by Gasteiger charge is 2.11. The normalized spacial score (nSPS) is 13.4. The smallest absolute Gasteiger partial charge is 0.163 e. The van der Waals surface area contributed by atoms with Crippen LogP contribution in [0.15, 0.2) is 32.5 Å². The Kier molecular flexibility index (Phi) is 4.00. The van der Waals surface area contributed by atoms with Gasteiger partial charge < -0.3 is 14.8 Å². The number of halogens is 2. The number of hydrogen-bond acceptors (Lipinski definition) is 4. The Hall–Kier alpha value is -0.720. The predicted molar refractivity (Wildman–Crippen MR) is 84.5 cm³/mol. The van der Waals surface area contributed by atoms with Gasteiger partial charge in [-0.2, -0.15) is 0 Å². The van der Waals surface area contributed by atoms with Crippen molar-refractivity contribution in [1.29, 1.82) is 0 Å². The first-order valence-electron chi connectivity index (χ1n) is 5.79. The van der Waals surface area contributed by atoms with Crippen molar-refractivity contribution in [2.24, 2.45) is 0 Å². The number of fused-ring (bicyclic) bond motifs is 1. The molecule has 0 unspecified atom stereocenters. The molecule has 3 rings (SSSR count). The lowest BCUT2D eigenvalue weighted by atomic mass is 10.2. The molecule has 0 saturated heterocycles. The summed E-state index contributed by atoms with van der Waals surface area (Å²) < 4.78 is 13.3. The fourth-order valence-electron chi connectivity index (χ4n) is 1.82. The van der Waals surface area contributed by atoms with Crippen LogP contribution in [-0.4, -0.2) is 13.2 Å². The van der Waals surface area contributed by atoms with Crippen LogP contribution in [-0.2, 0) is 6.54 Å². The molecule has 0 spiro atoms. The van der Waals surface area contributed by atoms with E-state index in [-0.39, 0.29) is 0 Å². The first kappa shape index (κ1) is 13.3. The summed E-state index contributed by atoms with van der Waals surface area (Å²) in [5, 5.41) is 3.38. The molecule has 100 valence electrons. The highest BCUT2D eigenvalue weighted by molar-refractivity contribution is 9.13. The standard InChI is InChI=1S/C13H11Br2NO2S/c14-10-6-9(19-13(10)15)7-16-8-1-2-11-12(5-8)18-4-3-17-11/h1-2,5-6,16H,3-4,7H2. The van der Waals surface area contributed by atoms with Crippen molar-refractivity contribution >= 4 is 48.9 Å². The average Bonchev–Trinajstić information content (AvgIpc) is 2.75. The van der Waals surface area contributed by atoms with E-state index in [1.807, 2.05) is 18.2 Å². The zero-order valence-electron chi connectivity index (χ0n) is 9.91. The quantitative estimate of drug-likeness (QED) is 0.807. The first-order chi connectivity index (χ1) is 9.22. The molecule has 19 heavy (non-hydrogen) atoms. The molecule has 1 aromatic carbocycles. The van der Waals surface area contributed by atoms with Crippen LogP contribution >= 0.6 is 43.2 Å². The van der Waals surface area contributed by atoms with E-state index in [0.29, 0.717) is 13.2 Å². The van der Waals surface area contributed by atoms with Crippen LogP contribution in [0.25, 0.3) is 0 Å². The van der Waals surface area contributed by atoms with E-state index in [4.69, 9.17) is 9.47 Å². The summed E-state index contributed by atoms with van der Waals surface area (Å²) in [4.78, 5) is 1.26. The second-order valence-corrected chi connectivity index (χ2v) is 7.36. The number of thiophene rings is 1. The van der Waals surface area contributed by atoms with Gasteiger partial charge in [0.05, 0.1) is 3.79 Å². The molecule has 0 bridgehead atoms. The van der Waals surface area contributed by atoms with Crippen molar-refractivity contribution < 1.29 is 9.47 Å². The molecule has 0 atom stereocenters. The average molecular weight is 405 g/mol. The van der Waals surface area contributed by atoms with Crippen molar-refractivity contribution in [2.45, 2.75) is 6.54 Å². The van der Waals surface area contributed by atoms with Gasteiger partial charge in [-0.05, 0) is 50.1 Å². The Labute approximate surface area is 132 Å². The van der Waals surface area contributed by atoms with Crippen molar-refractivity contribution in [3.05, 3.63) is 37.4 Å². The molecular weight excluding hydrogens is 394 g/mol. The zero-order valence-corrected chi connectivity index (χ0v) is 13.9.